The lowest BCUT2D eigenvalue weighted by Crippen LogP contribution is -2.27. The van der Waals surface area contributed by atoms with E-state index in [4.69, 9.17) is 10.7 Å². The van der Waals surface area contributed by atoms with Crippen molar-refractivity contribution in [3.05, 3.63) is 58.1 Å². The maximum Gasteiger partial charge on any atom is 0.266 e. The van der Waals surface area contributed by atoms with Crippen LogP contribution in [0.2, 0.25) is 0 Å². The first kappa shape index (κ1) is 16.8. The Labute approximate surface area is 163 Å². The van der Waals surface area contributed by atoms with Gasteiger partial charge in [0.05, 0.1) is 5.69 Å². The van der Waals surface area contributed by atoms with Crippen molar-refractivity contribution < 1.29 is 4.79 Å². The molecule has 2 aromatic heterocycles. The quantitative estimate of drug-likeness (QED) is 0.721. The van der Waals surface area contributed by atoms with Gasteiger partial charge in [0, 0.05) is 24.2 Å². The number of aromatic nitrogens is 1. The van der Waals surface area contributed by atoms with Gasteiger partial charge in [0.15, 0.2) is 0 Å². The van der Waals surface area contributed by atoms with E-state index in [0.717, 1.165) is 55.4 Å². The monoisotopic (exact) mass is 377 g/mol. The molecule has 3 aromatic rings. The van der Waals surface area contributed by atoms with Gasteiger partial charge in [-0.3, -0.25) is 4.79 Å². The van der Waals surface area contributed by atoms with Crippen molar-refractivity contribution in [3.63, 3.8) is 0 Å². The Hall–Kier alpha value is -2.40. The molecule has 0 spiro atoms. The number of rotatable bonds is 2. The highest BCUT2D eigenvalue weighted by Gasteiger charge is 2.27. The van der Waals surface area contributed by atoms with Crippen molar-refractivity contribution in [1.29, 1.82) is 0 Å². The number of aryl methyl sites for hydroxylation is 1. The second-order valence-electron chi connectivity index (χ2n) is 7.64. The Morgan fingerprint density at radius 3 is 2.74 bits per heavy atom. The summed E-state index contributed by atoms with van der Waals surface area (Å²) in [4.78, 5) is 21.2. The molecule has 3 heterocycles. The van der Waals surface area contributed by atoms with Crippen LogP contribution in [0.1, 0.15) is 51.7 Å². The van der Waals surface area contributed by atoms with Crippen LogP contribution < -0.4 is 5.73 Å². The zero-order valence-corrected chi connectivity index (χ0v) is 16.1. The highest BCUT2D eigenvalue weighted by molar-refractivity contribution is 7.21. The van der Waals surface area contributed by atoms with Crippen molar-refractivity contribution in [1.82, 2.24) is 9.88 Å². The van der Waals surface area contributed by atoms with Gasteiger partial charge in [-0.15, -0.1) is 11.3 Å². The van der Waals surface area contributed by atoms with Crippen molar-refractivity contribution in [2.45, 2.75) is 38.0 Å². The number of nitrogen functional groups attached to an aromatic ring is 1. The van der Waals surface area contributed by atoms with Gasteiger partial charge in [-0.1, -0.05) is 30.3 Å². The van der Waals surface area contributed by atoms with E-state index < -0.39 is 0 Å². The van der Waals surface area contributed by atoms with Gasteiger partial charge in [-0.25, -0.2) is 4.98 Å². The fourth-order valence-corrected chi connectivity index (χ4v) is 5.49. The lowest BCUT2D eigenvalue weighted by Gasteiger charge is -2.24. The number of nitrogens with zero attached hydrogens (tertiary/aromatic N) is 2. The maximum absolute atomic E-state index is 12.8. The number of amides is 1. The normalized spacial score (nSPS) is 19.4. The van der Waals surface area contributed by atoms with Crippen LogP contribution in [0.15, 0.2) is 36.4 Å². The average molecular weight is 378 g/mol. The van der Waals surface area contributed by atoms with E-state index in [2.05, 4.69) is 36.4 Å². The standard InChI is InChI=1S/C22H23N3OS/c23-19-17-13-16-12-15(14-6-2-1-3-7-14)8-9-18(16)24-21(17)27-20(19)22(26)25-10-4-5-11-25/h1-3,6-7,13,15H,4-5,8-12,23H2. The smallest absolute Gasteiger partial charge is 0.266 e. The predicted octanol–water partition coefficient (Wildman–Crippen LogP) is 4.39. The second kappa shape index (κ2) is 6.64. The van der Waals surface area contributed by atoms with Crippen LogP contribution in [0.25, 0.3) is 10.2 Å². The van der Waals surface area contributed by atoms with Gasteiger partial charge in [-0.2, -0.15) is 0 Å². The van der Waals surface area contributed by atoms with E-state index in [1.165, 1.54) is 28.2 Å². The molecule has 2 N–H and O–H groups in total. The highest BCUT2D eigenvalue weighted by atomic mass is 32.1. The lowest BCUT2D eigenvalue weighted by atomic mass is 9.82. The summed E-state index contributed by atoms with van der Waals surface area (Å²) in [5.74, 6) is 0.608. The Bertz CT molecular complexity index is 1010. The van der Waals surface area contributed by atoms with Gasteiger partial charge in [0.1, 0.15) is 9.71 Å². The molecule has 5 heteroatoms. The number of benzene rings is 1. The van der Waals surface area contributed by atoms with Gasteiger partial charge in [0.2, 0.25) is 0 Å². The van der Waals surface area contributed by atoms with Gasteiger partial charge in [0.25, 0.3) is 5.91 Å². The third kappa shape index (κ3) is 2.90. The van der Waals surface area contributed by atoms with Gasteiger partial charge >= 0.3 is 0 Å². The number of nitrogens with two attached hydrogens (primary N) is 1. The Morgan fingerprint density at radius 1 is 1.19 bits per heavy atom. The highest BCUT2D eigenvalue weighted by Crippen LogP contribution is 2.39. The summed E-state index contributed by atoms with van der Waals surface area (Å²) < 4.78 is 0. The molecular weight excluding hydrogens is 354 g/mol. The van der Waals surface area contributed by atoms with E-state index in [1.54, 1.807) is 0 Å². The number of hydrogen-bond acceptors (Lipinski definition) is 4. The number of fused-ring (bicyclic) bond motifs is 2. The summed E-state index contributed by atoms with van der Waals surface area (Å²) in [6.45, 7) is 1.68. The molecule has 27 heavy (non-hydrogen) atoms. The van der Waals surface area contributed by atoms with Crippen LogP contribution in [0.5, 0.6) is 0 Å². The predicted molar refractivity (Wildman–Crippen MR) is 110 cm³/mol. The van der Waals surface area contributed by atoms with Crippen molar-refractivity contribution >= 4 is 33.1 Å². The molecule has 138 valence electrons. The van der Waals surface area contributed by atoms with Crippen molar-refractivity contribution in [2.75, 3.05) is 18.8 Å². The van der Waals surface area contributed by atoms with E-state index >= 15 is 0 Å². The summed E-state index contributed by atoms with van der Waals surface area (Å²) in [5, 5.41) is 0.954. The number of carbonyl (C=O) groups excluding carboxylic acids is 1. The molecule has 1 aliphatic heterocycles. The minimum Gasteiger partial charge on any atom is -0.397 e. The molecule has 1 saturated heterocycles. The average Bonchev–Trinajstić information content (AvgIpc) is 3.35. The molecule has 2 aliphatic rings. The second-order valence-corrected chi connectivity index (χ2v) is 8.64. The molecule has 1 unspecified atom stereocenters. The molecule has 0 saturated carbocycles. The number of hydrogen-bond donors (Lipinski definition) is 1. The summed E-state index contributed by atoms with van der Waals surface area (Å²) in [6.07, 6.45) is 5.27. The van der Waals surface area contributed by atoms with Crippen LogP contribution in [0.4, 0.5) is 5.69 Å². The van der Waals surface area contributed by atoms with E-state index in [1.807, 2.05) is 4.90 Å². The van der Waals surface area contributed by atoms with Crippen molar-refractivity contribution in [3.8, 4) is 0 Å². The van der Waals surface area contributed by atoms with Gasteiger partial charge < -0.3 is 10.6 Å². The molecule has 5 rings (SSSR count). The molecule has 0 bridgehead atoms. The minimum atomic E-state index is 0.0770. The number of thiophene rings is 1. The third-order valence-electron chi connectivity index (χ3n) is 5.94. The fourth-order valence-electron chi connectivity index (χ4n) is 4.42. The summed E-state index contributed by atoms with van der Waals surface area (Å²) in [6, 6.07) is 12.9. The zero-order valence-electron chi connectivity index (χ0n) is 15.3. The molecule has 1 atom stereocenters. The Kier molecular flexibility index (Phi) is 4.12. The van der Waals surface area contributed by atoms with E-state index in [-0.39, 0.29) is 5.91 Å². The van der Waals surface area contributed by atoms with Crippen LogP contribution in [0.3, 0.4) is 0 Å². The molecule has 1 fully saturated rings. The summed E-state index contributed by atoms with van der Waals surface area (Å²) in [7, 11) is 0. The molecular formula is C22H23N3OS. The van der Waals surface area contributed by atoms with Crippen LogP contribution >= 0.6 is 11.3 Å². The summed E-state index contributed by atoms with van der Waals surface area (Å²) >= 11 is 1.46. The molecule has 1 aliphatic carbocycles. The third-order valence-corrected chi connectivity index (χ3v) is 7.05. The first-order valence-electron chi connectivity index (χ1n) is 9.75. The molecule has 1 aromatic carbocycles. The van der Waals surface area contributed by atoms with E-state index in [9.17, 15) is 4.79 Å². The lowest BCUT2D eigenvalue weighted by molar-refractivity contribution is 0.0798. The van der Waals surface area contributed by atoms with E-state index in [0.29, 0.717) is 16.5 Å². The molecule has 1 amide bonds. The number of carbonyl (C=O) groups is 1. The largest absolute Gasteiger partial charge is 0.397 e. The maximum atomic E-state index is 12.8. The molecule has 4 nitrogen and oxygen atoms in total. The first-order chi connectivity index (χ1) is 13.2. The number of likely N-dealkylation sites (tertiary alicyclic amines) is 1. The SMILES string of the molecule is Nc1c(C(=O)N2CCCC2)sc2nc3c(cc12)CC(c1ccccc1)CC3. The fraction of sp³-hybridized carbons (Fsp3) is 0.364. The molecule has 0 radical (unpaired) electrons. The van der Waals surface area contributed by atoms with Crippen LogP contribution in [0, 0.1) is 0 Å². The van der Waals surface area contributed by atoms with Gasteiger partial charge in [-0.05, 0) is 55.2 Å². The first-order valence-corrected chi connectivity index (χ1v) is 10.6. The van der Waals surface area contributed by atoms with Crippen LogP contribution in [-0.2, 0) is 12.8 Å². The summed E-state index contributed by atoms with van der Waals surface area (Å²) in [5.41, 5.74) is 10.9. The Balaban J connectivity index is 1.50. The zero-order chi connectivity index (χ0) is 18.4. The topological polar surface area (TPSA) is 59.2 Å². The number of anilines is 1. The van der Waals surface area contributed by atoms with Crippen LogP contribution in [-0.4, -0.2) is 28.9 Å². The van der Waals surface area contributed by atoms with Crippen molar-refractivity contribution in [2.24, 2.45) is 0 Å². The minimum absolute atomic E-state index is 0.0770. The number of pyridine rings is 1. The Morgan fingerprint density at radius 2 is 1.96 bits per heavy atom.